The van der Waals surface area contributed by atoms with E-state index in [2.05, 4.69) is 10.3 Å². The highest BCUT2D eigenvalue weighted by atomic mass is 19.1. The molecule has 2 saturated carbocycles. The molecule has 1 aromatic carbocycles. The summed E-state index contributed by atoms with van der Waals surface area (Å²) in [6.07, 6.45) is 3.67. The molecule has 0 saturated heterocycles. The highest BCUT2D eigenvalue weighted by Gasteiger charge is 2.47. The van der Waals surface area contributed by atoms with Gasteiger partial charge in [-0.3, -0.25) is 4.79 Å². The van der Waals surface area contributed by atoms with Crippen LogP contribution < -0.4 is 5.32 Å². The summed E-state index contributed by atoms with van der Waals surface area (Å²) in [7, 11) is 0. The number of aliphatic hydroxyl groups excluding tert-OH is 1. The van der Waals surface area contributed by atoms with Crippen molar-refractivity contribution in [2.24, 2.45) is 17.8 Å². The van der Waals surface area contributed by atoms with E-state index >= 15 is 0 Å². The predicted octanol–water partition coefficient (Wildman–Crippen LogP) is 2.68. The Balaban J connectivity index is 1.52. The molecule has 4 unspecified atom stereocenters. The fraction of sp³-hybridized carbons (Fsp3) is 0.526. The van der Waals surface area contributed by atoms with Gasteiger partial charge in [0.05, 0.1) is 6.42 Å². The summed E-state index contributed by atoms with van der Waals surface area (Å²) >= 11 is 0. The minimum absolute atomic E-state index is 0.0424. The highest BCUT2D eigenvalue weighted by molar-refractivity contribution is 5.90. The second kappa shape index (κ2) is 5.88. The van der Waals surface area contributed by atoms with Gasteiger partial charge in [0.25, 0.3) is 0 Å². The monoisotopic (exact) mass is 330 g/mol. The Morgan fingerprint density at radius 3 is 2.96 bits per heavy atom. The smallest absolute Gasteiger partial charge is 0.224 e. The fourth-order valence-electron chi connectivity index (χ4n) is 4.88. The Morgan fingerprint density at radius 1 is 1.38 bits per heavy atom. The normalized spacial score (nSPS) is 28.6. The second-order valence-corrected chi connectivity index (χ2v) is 7.37. The minimum atomic E-state index is -0.295. The van der Waals surface area contributed by atoms with Crippen molar-refractivity contribution in [1.82, 2.24) is 10.3 Å². The number of halogens is 1. The average Bonchev–Trinajstić information content (AvgIpc) is 3.22. The largest absolute Gasteiger partial charge is 0.396 e. The zero-order valence-corrected chi connectivity index (χ0v) is 13.8. The van der Waals surface area contributed by atoms with Gasteiger partial charge in [-0.05, 0) is 61.8 Å². The molecule has 0 spiro atoms. The second-order valence-electron chi connectivity index (χ2n) is 7.37. The number of nitrogens with one attached hydrogen (secondary N) is 2. The molecule has 4 nitrogen and oxygen atoms in total. The van der Waals surface area contributed by atoms with E-state index in [0.717, 1.165) is 35.0 Å². The molecule has 1 heterocycles. The van der Waals surface area contributed by atoms with E-state index in [4.69, 9.17) is 0 Å². The Labute approximate surface area is 140 Å². The molecule has 2 fully saturated rings. The van der Waals surface area contributed by atoms with E-state index in [-0.39, 0.29) is 36.7 Å². The van der Waals surface area contributed by atoms with Crippen LogP contribution in [-0.2, 0) is 11.2 Å². The number of hydrogen-bond donors (Lipinski definition) is 3. The first-order valence-corrected chi connectivity index (χ1v) is 8.73. The van der Waals surface area contributed by atoms with E-state index in [1.54, 1.807) is 6.07 Å². The van der Waals surface area contributed by atoms with Crippen molar-refractivity contribution in [1.29, 1.82) is 0 Å². The Kier molecular flexibility index (Phi) is 3.83. The zero-order chi connectivity index (χ0) is 16.8. The predicted molar refractivity (Wildman–Crippen MR) is 90.0 cm³/mol. The van der Waals surface area contributed by atoms with E-state index in [1.807, 2.05) is 6.92 Å². The molecule has 2 aliphatic rings. The number of carbonyl (C=O) groups excluding carboxylic acids is 1. The number of rotatable bonds is 4. The van der Waals surface area contributed by atoms with Crippen LogP contribution in [-0.4, -0.2) is 28.6 Å². The van der Waals surface area contributed by atoms with E-state index in [0.29, 0.717) is 11.8 Å². The number of H-pyrrole nitrogens is 1. The first-order valence-electron chi connectivity index (χ1n) is 8.73. The van der Waals surface area contributed by atoms with Crippen LogP contribution in [0.3, 0.4) is 0 Å². The molecule has 128 valence electrons. The topological polar surface area (TPSA) is 65.1 Å². The van der Waals surface area contributed by atoms with Crippen molar-refractivity contribution in [3.8, 4) is 0 Å². The maximum atomic E-state index is 13.5. The molecule has 2 aliphatic carbocycles. The van der Waals surface area contributed by atoms with Crippen LogP contribution in [0.5, 0.6) is 0 Å². The number of carbonyl (C=O) groups is 1. The van der Waals surface area contributed by atoms with Gasteiger partial charge in [-0.2, -0.15) is 0 Å². The molecule has 3 N–H and O–H groups in total. The molecular formula is C19H23FN2O2. The summed E-state index contributed by atoms with van der Waals surface area (Å²) in [5, 5.41) is 13.6. The molecular weight excluding hydrogens is 307 g/mol. The first kappa shape index (κ1) is 15.6. The highest BCUT2D eigenvalue weighted by Crippen LogP contribution is 2.48. The number of benzene rings is 1. The van der Waals surface area contributed by atoms with Crippen molar-refractivity contribution in [3.63, 3.8) is 0 Å². The maximum absolute atomic E-state index is 13.5. The lowest BCUT2D eigenvalue weighted by atomic mass is 9.85. The first-order chi connectivity index (χ1) is 11.6. The Morgan fingerprint density at radius 2 is 2.17 bits per heavy atom. The molecule has 0 radical (unpaired) electrons. The number of aromatic amines is 1. The molecule has 24 heavy (non-hydrogen) atoms. The third-order valence-corrected chi connectivity index (χ3v) is 6.05. The van der Waals surface area contributed by atoms with Gasteiger partial charge < -0.3 is 15.4 Å². The van der Waals surface area contributed by atoms with Crippen LogP contribution in [0.1, 0.15) is 30.5 Å². The van der Waals surface area contributed by atoms with E-state index in [9.17, 15) is 14.3 Å². The van der Waals surface area contributed by atoms with Crippen LogP contribution in [0.4, 0.5) is 4.39 Å². The molecule has 4 rings (SSSR count). The number of aromatic nitrogens is 1. The number of amides is 1. The minimum Gasteiger partial charge on any atom is -0.396 e. The standard InChI is InChI=1S/C19H23FN2O2/c1-10-14(15-7-13(20)4-5-17(15)21-10)8-18(24)22-19-12-3-2-11(6-12)16(19)9-23/h4-5,7,11-12,16,19,21,23H,2-3,6,8-9H2,1H3,(H,22,24). The molecule has 1 aromatic heterocycles. The van der Waals surface area contributed by atoms with Crippen molar-refractivity contribution >= 4 is 16.8 Å². The summed E-state index contributed by atoms with van der Waals surface area (Å²) in [6.45, 7) is 2.05. The van der Waals surface area contributed by atoms with Gasteiger partial charge in [0.15, 0.2) is 0 Å². The third-order valence-electron chi connectivity index (χ3n) is 6.05. The van der Waals surface area contributed by atoms with Crippen LogP contribution in [0.15, 0.2) is 18.2 Å². The number of fused-ring (bicyclic) bond motifs is 3. The molecule has 2 aromatic rings. The molecule has 2 bridgehead atoms. The van der Waals surface area contributed by atoms with Gasteiger partial charge in [0.1, 0.15) is 5.82 Å². The van der Waals surface area contributed by atoms with Crippen LogP contribution in [0.25, 0.3) is 10.9 Å². The SMILES string of the molecule is Cc1[nH]c2ccc(F)cc2c1CC(=O)NC1C2CCC(C2)C1CO. The lowest BCUT2D eigenvalue weighted by molar-refractivity contribution is -0.122. The Bertz CT molecular complexity index is 785. The summed E-state index contributed by atoms with van der Waals surface area (Å²) in [5.41, 5.74) is 2.60. The van der Waals surface area contributed by atoms with Gasteiger partial charge in [0, 0.05) is 35.2 Å². The van der Waals surface area contributed by atoms with Gasteiger partial charge in [-0.15, -0.1) is 0 Å². The maximum Gasteiger partial charge on any atom is 0.224 e. The molecule has 5 heteroatoms. The summed E-state index contributed by atoms with van der Waals surface area (Å²) < 4.78 is 13.5. The van der Waals surface area contributed by atoms with Gasteiger partial charge in [-0.1, -0.05) is 0 Å². The van der Waals surface area contributed by atoms with Crippen molar-refractivity contribution in [2.45, 2.75) is 38.6 Å². The lowest BCUT2D eigenvalue weighted by Gasteiger charge is -2.30. The molecule has 4 atom stereocenters. The summed E-state index contributed by atoms with van der Waals surface area (Å²) in [5.74, 6) is 0.900. The van der Waals surface area contributed by atoms with Crippen LogP contribution in [0.2, 0.25) is 0 Å². The van der Waals surface area contributed by atoms with Crippen molar-refractivity contribution in [2.75, 3.05) is 6.61 Å². The number of aliphatic hydroxyl groups is 1. The summed E-state index contributed by atoms with van der Waals surface area (Å²) in [4.78, 5) is 15.8. The number of aryl methyl sites for hydroxylation is 1. The van der Waals surface area contributed by atoms with Gasteiger partial charge in [-0.25, -0.2) is 4.39 Å². The summed E-state index contributed by atoms with van der Waals surface area (Å²) in [6, 6.07) is 4.69. The van der Waals surface area contributed by atoms with Crippen LogP contribution in [0, 0.1) is 30.5 Å². The van der Waals surface area contributed by atoms with E-state index < -0.39 is 0 Å². The molecule has 0 aliphatic heterocycles. The molecule has 1 amide bonds. The lowest BCUT2D eigenvalue weighted by Crippen LogP contribution is -2.45. The van der Waals surface area contributed by atoms with Crippen molar-refractivity contribution < 1.29 is 14.3 Å². The average molecular weight is 330 g/mol. The van der Waals surface area contributed by atoms with Gasteiger partial charge >= 0.3 is 0 Å². The third kappa shape index (κ3) is 2.51. The fourth-order valence-corrected chi connectivity index (χ4v) is 4.88. The van der Waals surface area contributed by atoms with Crippen LogP contribution >= 0.6 is 0 Å². The van der Waals surface area contributed by atoms with E-state index in [1.165, 1.54) is 18.6 Å². The van der Waals surface area contributed by atoms with Gasteiger partial charge in [0.2, 0.25) is 5.91 Å². The Hall–Kier alpha value is -1.88. The van der Waals surface area contributed by atoms with Crippen molar-refractivity contribution in [3.05, 3.63) is 35.3 Å². The quantitative estimate of drug-likeness (QED) is 0.807. The number of hydrogen-bond acceptors (Lipinski definition) is 2. The zero-order valence-electron chi connectivity index (χ0n) is 13.8.